The van der Waals surface area contributed by atoms with Crippen molar-refractivity contribution in [2.24, 2.45) is 5.92 Å². The molecule has 2 nitrogen and oxygen atoms in total. The topological polar surface area (TPSA) is 37.3 Å². The lowest BCUT2D eigenvalue weighted by molar-refractivity contribution is -0.137. The van der Waals surface area contributed by atoms with E-state index in [1.54, 1.807) is 0 Å². The second-order valence-electron chi connectivity index (χ2n) is 6.65. The Bertz CT molecular complexity index is 433. The van der Waals surface area contributed by atoms with E-state index >= 15 is 0 Å². The molecule has 3 heteroatoms. The summed E-state index contributed by atoms with van der Waals surface area (Å²) in [6.45, 7) is 4.40. The van der Waals surface area contributed by atoms with Gasteiger partial charge in [-0.3, -0.25) is 4.79 Å². The first-order valence-corrected chi connectivity index (χ1v) is 10.5. The maximum Gasteiger partial charge on any atom is 0.317 e. The highest BCUT2D eigenvalue weighted by Gasteiger charge is 2.28. The molecule has 1 aromatic carbocycles. The molecule has 136 valence electrons. The Morgan fingerprint density at radius 1 is 0.917 bits per heavy atom. The Hall–Kier alpha value is -0.960. The van der Waals surface area contributed by atoms with Gasteiger partial charge in [0.1, 0.15) is 5.25 Å². The molecule has 1 rings (SSSR count). The van der Waals surface area contributed by atoms with Crippen molar-refractivity contribution >= 4 is 17.7 Å². The van der Waals surface area contributed by atoms with Crippen LogP contribution >= 0.6 is 11.8 Å². The number of thioether (sulfide) groups is 1. The molecule has 1 N–H and O–H groups in total. The van der Waals surface area contributed by atoms with Gasteiger partial charge in [0.2, 0.25) is 0 Å². The van der Waals surface area contributed by atoms with Crippen molar-refractivity contribution in [1.29, 1.82) is 0 Å². The second-order valence-corrected chi connectivity index (χ2v) is 7.86. The first-order chi connectivity index (χ1) is 11.7. The third-order valence-electron chi connectivity index (χ3n) is 4.52. The van der Waals surface area contributed by atoms with E-state index in [2.05, 4.69) is 13.8 Å². The van der Waals surface area contributed by atoms with E-state index in [0.717, 1.165) is 30.6 Å². The van der Waals surface area contributed by atoms with Crippen molar-refractivity contribution in [3.05, 3.63) is 30.3 Å². The van der Waals surface area contributed by atoms with Crippen LogP contribution in [0.5, 0.6) is 0 Å². The van der Waals surface area contributed by atoms with E-state index in [1.807, 2.05) is 30.3 Å². The Labute approximate surface area is 152 Å². The van der Waals surface area contributed by atoms with Crippen LogP contribution in [0.25, 0.3) is 0 Å². The van der Waals surface area contributed by atoms with Crippen LogP contribution < -0.4 is 0 Å². The minimum Gasteiger partial charge on any atom is -0.480 e. The Kier molecular flexibility index (Phi) is 11.7. The third kappa shape index (κ3) is 8.77. The van der Waals surface area contributed by atoms with Gasteiger partial charge in [0, 0.05) is 4.90 Å². The first-order valence-electron chi connectivity index (χ1n) is 9.63. The summed E-state index contributed by atoms with van der Waals surface area (Å²) in [4.78, 5) is 12.9. The number of carboxylic acids is 1. The fourth-order valence-electron chi connectivity index (χ4n) is 3.18. The minimum atomic E-state index is -0.662. The largest absolute Gasteiger partial charge is 0.480 e. The highest BCUT2D eigenvalue weighted by molar-refractivity contribution is 8.00. The molecule has 0 radical (unpaired) electrons. The zero-order valence-electron chi connectivity index (χ0n) is 15.4. The van der Waals surface area contributed by atoms with E-state index < -0.39 is 5.97 Å². The fourth-order valence-corrected chi connectivity index (χ4v) is 4.35. The molecule has 0 aromatic heterocycles. The molecule has 0 fully saturated rings. The number of benzene rings is 1. The maximum absolute atomic E-state index is 11.8. The SMILES string of the molecule is CCCCCCCCCC(CCC)C(Sc1ccccc1)C(=O)O. The van der Waals surface area contributed by atoms with Crippen molar-refractivity contribution in [3.63, 3.8) is 0 Å². The average Bonchev–Trinajstić information content (AvgIpc) is 2.59. The van der Waals surface area contributed by atoms with Crippen molar-refractivity contribution in [3.8, 4) is 0 Å². The number of rotatable bonds is 14. The molecule has 1 aromatic rings. The highest BCUT2D eigenvalue weighted by Crippen LogP contribution is 2.33. The van der Waals surface area contributed by atoms with Crippen molar-refractivity contribution in [2.45, 2.75) is 88.2 Å². The van der Waals surface area contributed by atoms with Gasteiger partial charge >= 0.3 is 5.97 Å². The highest BCUT2D eigenvalue weighted by atomic mass is 32.2. The molecule has 2 atom stereocenters. The average molecular weight is 351 g/mol. The Morgan fingerprint density at radius 2 is 1.54 bits per heavy atom. The number of aliphatic carboxylic acids is 1. The van der Waals surface area contributed by atoms with E-state index in [0.29, 0.717) is 0 Å². The molecule has 0 saturated heterocycles. The molecule has 0 saturated carbocycles. The fraction of sp³-hybridized carbons (Fsp3) is 0.667. The van der Waals surface area contributed by atoms with E-state index in [9.17, 15) is 9.90 Å². The van der Waals surface area contributed by atoms with Crippen LogP contribution in [-0.4, -0.2) is 16.3 Å². The van der Waals surface area contributed by atoms with E-state index in [-0.39, 0.29) is 11.2 Å². The maximum atomic E-state index is 11.8. The molecular weight excluding hydrogens is 316 g/mol. The Balaban J connectivity index is 2.47. The molecular formula is C21H34O2S. The summed E-state index contributed by atoms with van der Waals surface area (Å²) in [5.74, 6) is -0.390. The molecule has 2 unspecified atom stereocenters. The summed E-state index contributed by atoms with van der Waals surface area (Å²) < 4.78 is 0. The normalized spacial score (nSPS) is 13.6. The zero-order valence-corrected chi connectivity index (χ0v) is 16.2. The van der Waals surface area contributed by atoms with Crippen LogP contribution in [-0.2, 0) is 4.79 Å². The first kappa shape index (κ1) is 21.1. The number of hydrogen-bond donors (Lipinski definition) is 1. The molecule has 0 spiro atoms. The standard InChI is InChI=1S/C21H34O2S/c1-3-5-6-7-8-9-11-15-18(14-4-2)20(21(22)23)24-19-16-12-10-13-17-19/h10,12-13,16-18,20H,3-9,11,14-15H2,1-2H3,(H,22,23). The molecule has 24 heavy (non-hydrogen) atoms. The summed E-state index contributed by atoms with van der Waals surface area (Å²) in [6.07, 6.45) is 12.1. The lowest BCUT2D eigenvalue weighted by atomic mass is 9.92. The van der Waals surface area contributed by atoms with Gasteiger partial charge in [0.15, 0.2) is 0 Å². The third-order valence-corrected chi connectivity index (χ3v) is 5.90. The molecule has 0 bridgehead atoms. The van der Waals surface area contributed by atoms with E-state index in [1.165, 1.54) is 50.3 Å². The van der Waals surface area contributed by atoms with Crippen LogP contribution in [0.3, 0.4) is 0 Å². The van der Waals surface area contributed by atoms with Crippen LogP contribution in [0, 0.1) is 5.92 Å². The monoisotopic (exact) mass is 350 g/mol. The minimum absolute atomic E-state index is 0.272. The summed E-state index contributed by atoms with van der Waals surface area (Å²) >= 11 is 1.52. The molecule has 0 aliphatic carbocycles. The molecule has 0 amide bonds. The van der Waals surface area contributed by atoms with E-state index in [4.69, 9.17) is 0 Å². The summed E-state index contributed by atoms with van der Waals surface area (Å²) in [5.41, 5.74) is 0. The number of hydrogen-bond acceptors (Lipinski definition) is 2. The summed E-state index contributed by atoms with van der Waals surface area (Å²) in [7, 11) is 0. The van der Waals surface area contributed by atoms with Crippen LogP contribution in [0.15, 0.2) is 35.2 Å². The lowest BCUT2D eigenvalue weighted by Gasteiger charge is -2.23. The van der Waals surface area contributed by atoms with Gasteiger partial charge in [-0.1, -0.05) is 83.4 Å². The number of unbranched alkanes of at least 4 members (excludes halogenated alkanes) is 6. The van der Waals surface area contributed by atoms with Crippen LogP contribution in [0.1, 0.15) is 78.1 Å². The number of carboxylic acid groups (broad SMARTS) is 1. The predicted molar refractivity (Wildman–Crippen MR) is 105 cm³/mol. The molecule has 0 aliphatic rings. The van der Waals surface area contributed by atoms with Gasteiger partial charge in [0.05, 0.1) is 0 Å². The van der Waals surface area contributed by atoms with Gasteiger partial charge in [-0.2, -0.15) is 0 Å². The van der Waals surface area contributed by atoms with Gasteiger partial charge in [-0.25, -0.2) is 0 Å². The van der Waals surface area contributed by atoms with Gasteiger partial charge < -0.3 is 5.11 Å². The summed E-state index contributed by atoms with van der Waals surface area (Å²) in [5, 5.41) is 9.38. The summed E-state index contributed by atoms with van der Waals surface area (Å²) in [6, 6.07) is 9.95. The van der Waals surface area contributed by atoms with Crippen LogP contribution in [0.2, 0.25) is 0 Å². The zero-order chi connectivity index (χ0) is 17.6. The second kappa shape index (κ2) is 13.3. The van der Waals surface area contributed by atoms with Gasteiger partial charge in [0.25, 0.3) is 0 Å². The van der Waals surface area contributed by atoms with Crippen molar-refractivity contribution < 1.29 is 9.90 Å². The van der Waals surface area contributed by atoms with Crippen molar-refractivity contribution in [1.82, 2.24) is 0 Å². The van der Waals surface area contributed by atoms with Crippen LogP contribution in [0.4, 0.5) is 0 Å². The quantitative estimate of drug-likeness (QED) is 0.296. The number of carbonyl (C=O) groups is 1. The smallest absolute Gasteiger partial charge is 0.317 e. The Morgan fingerprint density at radius 3 is 2.12 bits per heavy atom. The predicted octanol–water partition coefficient (Wildman–Crippen LogP) is 6.79. The lowest BCUT2D eigenvalue weighted by Crippen LogP contribution is -2.26. The van der Waals surface area contributed by atoms with Gasteiger partial charge in [-0.05, 0) is 30.9 Å². The van der Waals surface area contributed by atoms with Gasteiger partial charge in [-0.15, -0.1) is 11.8 Å². The molecule has 0 aliphatic heterocycles. The van der Waals surface area contributed by atoms with Crippen molar-refractivity contribution in [2.75, 3.05) is 0 Å². The molecule has 0 heterocycles.